The Balaban J connectivity index is 1.95. The number of rotatable bonds is 6. The van der Waals surface area contributed by atoms with Gasteiger partial charge in [0.15, 0.2) is 17.3 Å². The lowest BCUT2D eigenvalue weighted by molar-refractivity contribution is -0.148. The Morgan fingerprint density at radius 3 is 2.70 bits per heavy atom. The molecule has 1 amide bonds. The van der Waals surface area contributed by atoms with Gasteiger partial charge in [-0.25, -0.2) is 9.18 Å². The number of aliphatic carboxylic acids is 1. The maximum atomic E-state index is 13.6. The van der Waals surface area contributed by atoms with Gasteiger partial charge in [-0.15, -0.1) is 0 Å². The minimum Gasteiger partial charge on any atom is -0.494 e. The predicted octanol–water partition coefficient (Wildman–Crippen LogP) is 1.87. The summed E-state index contributed by atoms with van der Waals surface area (Å²) in [4.78, 5) is 36.5. The Kier molecular flexibility index (Phi) is 5.31. The highest BCUT2D eigenvalue weighted by molar-refractivity contribution is 5.98. The van der Waals surface area contributed by atoms with Gasteiger partial charge in [0.1, 0.15) is 6.04 Å². The molecule has 1 aromatic rings. The van der Waals surface area contributed by atoms with Crippen molar-refractivity contribution in [3.8, 4) is 5.75 Å². The number of methoxy groups -OCH3 is 1. The number of carbonyl (C=O) groups is 3. The summed E-state index contributed by atoms with van der Waals surface area (Å²) in [5, 5.41) is 9.05. The molecule has 0 saturated carbocycles. The maximum absolute atomic E-state index is 13.6. The minimum atomic E-state index is -1.03. The summed E-state index contributed by atoms with van der Waals surface area (Å²) in [7, 11) is 1.33. The van der Waals surface area contributed by atoms with E-state index in [2.05, 4.69) is 0 Å². The number of ketones is 1. The summed E-state index contributed by atoms with van der Waals surface area (Å²) in [6.45, 7) is 0.390. The highest BCUT2D eigenvalue weighted by Gasteiger charge is 2.33. The monoisotopic (exact) mass is 323 g/mol. The summed E-state index contributed by atoms with van der Waals surface area (Å²) < 4.78 is 18.4. The molecule has 0 aliphatic carbocycles. The van der Waals surface area contributed by atoms with Gasteiger partial charge in [0.25, 0.3) is 0 Å². The van der Waals surface area contributed by atoms with E-state index in [0.717, 1.165) is 6.07 Å². The van der Waals surface area contributed by atoms with Gasteiger partial charge in [0.2, 0.25) is 5.91 Å². The summed E-state index contributed by atoms with van der Waals surface area (Å²) >= 11 is 0. The van der Waals surface area contributed by atoms with Crippen LogP contribution in [0, 0.1) is 5.82 Å². The van der Waals surface area contributed by atoms with Crippen molar-refractivity contribution in [3.05, 3.63) is 29.6 Å². The molecule has 1 N–H and O–H groups in total. The molecule has 6 nitrogen and oxygen atoms in total. The molecule has 1 aromatic carbocycles. The van der Waals surface area contributed by atoms with Gasteiger partial charge < -0.3 is 14.7 Å². The van der Waals surface area contributed by atoms with E-state index in [-0.39, 0.29) is 35.8 Å². The van der Waals surface area contributed by atoms with Crippen molar-refractivity contribution in [1.82, 2.24) is 4.90 Å². The zero-order valence-corrected chi connectivity index (χ0v) is 12.8. The van der Waals surface area contributed by atoms with E-state index in [1.807, 2.05) is 0 Å². The first-order chi connectivity index (χ1) is 10.9. The lowest BCUT2D eigenvalue weighted by Crippen LogP contribution is -2.40. The van der Waals surface area contributed by atoms with Gasteiger partial charge in [0, 0.05) is 24.9 Å². The Hall–Kier alpha value is -2.44. The first-order valence-electron chi connectivity index (χ1n) is 7.33. The number of Topliss-reactive ketones (excluding diaryl/α,β-unsaturated/α-hetero) is 1. The van der Waals surface area contributed by atoms with E-state index in [1.54, 1.807) is 0 Å². The summed E-state index contributed by atoms with van der Waals surface area (Å²) in [5.74, 6) is -2.36. The van der Waals surface area contributed by atoms with E-state index >= 15 is 0 Å². The fraction of sp³-hybridized carbons (Fsp3) is 0.438. The van der Waals surface area contributed by atoms with Crippen molar-refractivity contribution >= 4 is 17.7 Å². The molecule has 1 heterocycles. The molecule has 0 unspecified atom stereocenters. The number of ether oxygens (including phenoxy) is 1. The third-order valence-corrected chi connectivity index (χ3v) is 3.90. The molecule has 2 rings (SSSR count). The maximum Gasteiger partial charge on any atom is 0.326 e. The number of benzene rings is 1. The lowest BCUT2D eigenvalue weighted by atomic mass is 10.1. The summed E-state index contributed by atoms with van der Waals surface area (Å²) in [6.07, 6.45) is 0.892. The molecule has 0 radical (unpaired) electrons. The zero-order chi connectivity index (χ0) is 17.0. The number of nitrogens with zero attached hydrogens (tertiary/aromatic N) is 1. The first-order valence-corrected chi connectivity index (χ1v) is 7.33. The van der Waals surface area contributed by atoms with Gasteiger partial charge in [-0.1, -0.05) is 0 Å². The highest BCUT2D eigenvalue weighted by Crippen LogP contribution is 2.21. The van der Waals surface area contributed by atoms with Crippen LogP contribution in [0.5, 0.6) is 5.75 Å². The number of amides is 1. The second-order valence-electron chi connectivity index (χ2n) is 5.36. The van der Waals surface area contributed by atoms with Crippen LogP contribution in [0.15, 0.2) is 18.2 Å². The molecule has 1 fully saturated rings. The van der Waals surface area contributed by atoms with Gasteiger partial charge >= 0.3 is 5.97 Å². The molecule has 1 aliphatic heterocycles. The van der Waals surface area contributed by atoms with Crippen LogP contribution in [0.4, 0.5) is 4.39 Å². The van der Waals surface area contributed by atoms with Crippen molar-refractivity contribution in [1.29, 1.82) is 0 Å². The molecule has 1 atom stereocenters. The number of carboxylic acid groups (broad SMARTS) is 1. The van der Waals surface area contributed by atoms with E-state index < -0.39 is 17.8 Å². The average molecular weight is 323 g/mol. The number of carbonyl (C=O) groups excluding carboxylic acids is 2. The Labute approximate surface area is 132 Å². The SMILES string of the molecule is COc1ccc(C(=O)CCC(=O)N2CCC[C@H]2C(=O)O)cc1F. The third-order valence-electron chi connectivity index (χ3n) is 3.90. The van der Waals surface area contributed by atoms with Crippen LogP contribution in [0.3, 0.4) is 0 Å². The van der Waals surface area contributed by atoms with E-state index in [0.29, 0.717) is 19.4 Å². The standard InChI is InChI=1S/C16H18FNO5/c1-23-14-6-4-10(9-11(14)17)13(19)5-7-15(20)18-8-2-3-12(18)16(21)22/h4,6,9,12H,2-3,5,7-8H2,1H3,(H,21,22)/t12-/m0/s1. The molecule has 7 heteroatoms. The Morgan fingerprint density at radius 2 is 2.09 bits per heavy atom. The van der Waals surface area contributed by atoms with Crippen LogP contribution in [-0.4, -0.2) is 47.4 Å². The molecule has 0 bridgehead atoms. The van der Waals surface area contributed by atoms with E-state index in [1.165, 1.54) is 24.1 Å². The number of likely N-dealkylation sites (tertiary alicyclic amines) is 1. The minimum absolute atomic E-state index is 0.0407. The van der Waals surface area contributed by atoms with Crippen LogP contribution in [0.1, 0.15) is 36.0 Å². The highest BCUT2D eigenvalue weighted by atomic mass is 19.1. The van der Waals surface area contributed by atoms with Crippen molar-refractivity contribution in [3.63, 3.8) is 0 Å². The van der Waals surface area contributed by atoms with Crippen molar-refractivity contribution in [2.75, 3.05) is 13.7 Å². The normalized spacial score (nSPS) is 17.1. The average Bonchev–Trinajstić information content (AvgIpc) is 3.02. The van der Waals surface area contributed by atoms with Gasteiger partial charge in [-0.05, 0) is 31.0 Å². The van der Waals surface area contributed by atoms with E-state index in [9.17, 15) is 18.8 Å². The number of hydrogen-bond donors (Lipinski definition) is 1. The lowest BCUT2D eigenvalue weighted by Gasteiger charge is -2.21. The molecule has 1 saturated heterocycles. The van der Waals surface area contributed by atoms with Gasteiger partial charge in [-0.3, -0.25) is 9.59 Å². The van der Waals surface area contributed by atoms with Crippen molar-refractivity contribution in [2.24, 2.45) is 0 Å². The molecular formula is C16H18FNO5. The molecule has 0 spiro atoms. The zero-order valence-electron chi connectivity index (χ0n) is 12.8. The summed E-state index contributed by atoms with van der Waals surface area (Å²) in [6, 6.07) is 3.05. The van der Waals surface area contributed by atoms with Crippen LogP contribution >= 0.6 is 0 Å². The third kappa shape index (κ3) is 3.85. The second-order valence-corrected chi connectivity index (χ2v) is 5.36. The summed E-state index contributed by atoms with van der Waals surface area (Å²) in [5.41, 5.74) is 0.160. The largest absolute Gasteiger partial charge is 0.494 e. The molecule has 1 aliphatic rings. The fourth-order valence-corrected chi connectivity index (χ4v) is 2.67. The quantitative estimate of drug-likeness (QED) is 0.808. The smallest absolute Gasteiger partial charge is 0.326 e. The van der Waals surface area contributed by atoms with Gasteiger partial charge in [0.05, 0.1) is 7.11 Å². The van der Waals surface area contributed by atoms with Crippen molar-refractivity contribution < 1.29 is 28.6 Å². The van der Waals surface area contributed by atoms with Gasteiger partial charge in [-0.2, -0.15) is 0 Å². The fourth-order valence-electron chi connectivity index (χ4n) is 2.67. The van der Waals surface area contributed by atoms with Crippen LogP contribution < -0.4 is 4.74 Å². The number of carboxylic acids is 1. The Bertz CT molecular complexity index is 631. The second kappa shape index (κ2) is 7.21. The Morgan fingerprint density at radius 1 is 1.35 bits per heavy atom. The molecule has 124 valence electrons. The number of halogens is 1. The van der Waals surface area contributed by atoms with Crippen LogP contribution in [0.25, 0.3) is 0 Å². The van der Waals surface area contributed by atoms with E-state index in [4.69, 9.17) is 9.84 Å². The number of hydrogen-bond acceptors (Lipinski definition) is 4. The first kappa shape index (κ1) is 16.9. The predicted molar refractivity (Wildman–Crippen MR) is 78.9 cm³/mol. The van der Waals surface area contributed by atoms with Crippen molar-refractivity contribution in [2.45, 2.75) is 31.7 Å². The topological polar surface area (TPSA) is 83.9 Å². The van der Waals surface area contributed by atoms with Crippen LogP contribution in [-0.2, 0) is 9.59 Å². The molecule has 0 aromatic heterocycles. The molecular weight excluding hydrogens is 305 g/mol. The molecule has 23 heavy (non-hydrogen) atoms. The van der Waals surface area contributed by atoms with Crippen LogP contribution in [0.2, 0.25) is 0 Å².